The van der Waals surface area contributed by atoms with Crippen LogP contribution < -0.4 is 0 Å². The molecular formula is C11H18O. The van der Waals surface area contributed by atoms with Gasteiger partial charge in [-0.1, -0.05) is 39.0 Å². The van der Waals surface area contributed by atoms with E-state index in [1.165, 1.54) is 38.4 Å². The predicted molar refractivity (Wildman–Crippen MR) is 48.8 cm³/mol. The molecule has 0 spiro atoms. The largest absolute Gasteiger partial charge is 0.303 e. The van der Waals surface area contributed by atoms with Crippen LogP contribution in [0.2, 0.25) is 0 Å². The van der Waals surface area contributed by atoms with E-state index >= 15 is 0 Å². The molecule has 0 radical (unpaired) electrons. The Labute approximate surface area is 74.5 Å². The Morgan fingerprint density at radius 2 is 1.83 bits per heavy atom. The van der Waals surface area contributed by atoms with Gasteiger partial charge in [0, 0.05) is 5.92 Å². The molecule has 0 saturated heterocycles. The second-order valence-corrected chi connectivity index (χ2v) is 4.55. The minimum absolute atomic E-state index is 0.424. The van der Waals surface area contributed by atoms with Crippen LogP contribution in [0.1, 0.15) is 39.0 Å². The number of rotatable bonds is 2. The normalized spacial score (nSPS) is 42.6. The van der Waals surface area contributed by atoms with Crippen LogP contribution in [-0.4, -0.2) is 6.29 Å². The summed E-state index contributed by atoms with van der Waals surface area (Å²) in [7, 11) is 0. The van der Waals surface area contributed by atoms with Crippen LogP contribution in [0.25, 0.3) is 0 Å². The van der Waals surface area contributed by atoms with Crippen molar-refractivity contribution in [1.82, 2.24) is 0 Å². The van der Waals surface area contributed by atoms with Crippen LogP contribution in [-0.2, 0) is 4.79 Å². The predicted octanol–water partition coefficient (Wildman–Crippen LogP) is 2.65. The van der Waals surface area contributed by atoms with Crippen molar-refractivity contribution in [2.45, 2.75) is 39.0 Å². The summed E-state index contributed by atoms with van der Waals surface area (Å²) < 4.78 is 0. The zero-order chi connectivity index (χ0) is 8.55. The number of aldehydes is 1. The monoisotopic (exact) mass is 166 g/mol. The highest BCUT2D eigenvalue weighted by Gasteiger charge is 2.50. The summed E-state index contributed by atoms with van der Waals surface area (Å²) in [5.74, 6) is 2.78. The lowest BCUT2D eigenvalue weighted by Gasteiger charge is -2.21. The average molecular weight is 166 g/mol. The van der Waals surface area contributed by atoms with Crippen molar-refractivity contribution in [2.75, 3.05) is 0 Å². The van der Waals surface area contributed by atoms with Crippen LogP contribution in [0.3, 0.4) is 0 Å². The minimum atomic E-state index is 0.424. The van der Waals surface area contributed by atoms with E-state index in [-0.39, 0.29) is 0 Å². The van der Waals surface area contributed by atoms with Crippen molar-refractivity contribution >= 4 is 6.29 Å². The zero-order valence-electron chi connectivity index (χ0n) is 7.83. The lowest BCUT2D eigenvalue weighted by molar-refractivity contribution is -0.109. The van der Waals surface area contributed by atoms with Gasteiger partial charge in [-0.3, -0.25) is 0 Å². The molecular weight excluding hydrogens is 148 g/mol. The fourth-order valence-corrected chi connectivity index (χ4v) is 3.00. The first kappa shape index (κ1) is 8.28. The van der Waals surface area contributed by atoms with E-state index < -0.39 is 0 Å². The second kappa shape index (κ2) is 3.20. The number of hydrogen-bond donors (Lipinski definition) is 0. The molecule has 0 aromatic heterocycles. The Morgan fingerprint density at radius 1 is 1.17 bits per heavy atom. The topological polar surface area (TPSA) is 17.1 Å². The smallest absolute Gasteiger partial charge is 0.123 e. The molecule has 2 fully saturated rings. The van der Waals surface area contributed by atoms with E-state index in [1.807, 2.05) is 0 Å². The molecule has 0 amide bonds. The van der Waals surface area contributed by atoms with E-state index in [1.54, 1.807) is 0 Å². The second-order valence-electron chi connectivity index (χ2n) is 4.55. The molecule has 2 aliphatic rings. The van der Waals surface area contributed by atoms with Crippen LogP contribution in [0.15, 0.2) is 0 Å². The van der Waals surface area contributed by atoms with E-state index in [0.29, 0.717) is 11.8 Å². The van der Waals surface area contributed by atoms with Crippen molar-refractivity contribution in [3.63, 3.8) is 0 Å². The van der Waals surface area contributed by atoms with E-state index in [0.717, 1.165) is 11.8 Å². The molecule has 1 heteroatoms. The van der Waals surface area contributed by atoms with Crippen molar-refractivity contribution in [2.24, 2.45) is 23.7 Å². The molecule has 0 unspecified atom stereocenters. The van der Waals surface area contributed by atoms with Crippen LogP contribution in [0, 0.1) is 23.7 Å². The van der Waals surface area contributed by atoms with Crippen molar-refractivity contribution < 1.29 is 4.79 Å². The van der Waals surface area contributed by atoms with Gasteiger partial charge in [0.05, 0.1) is 0 Å². The highest BCUT2D eigenvalue weighted by atomic mass is 16.1. The summed E-state index contributed by atoms with van der Waals surface area (Å²) in [6.45, 7) is 2.23. The third-order valence-electron chi connectivity index (χ3n) is 3.87. The van der Waals surface area contributed by atoms with Crippen LogP contribution in [0.4, 0.5) is 0 Å². The van der Waals surface area contributed by atoms with Gasteiger partial charge in [-0.2, -0.15) is 0 Å². The zero-order valence-corrected chi connectivity index (χ0v) is 7.83. The highest BCUT2D eigenvalue weighted by Crippen LogP contribution is 2.53. The Morgan fingerprint density at radius 3 is 2.33 bits per heavy atom. The van der Waals surface area contributed by atoms with E-state index in [4.69, 9.17) is 0 Å². The van der Waals surface area contributed by atoms with Crippen molar-refractivity contribution in [3.8, 4) is 0 Å². The first-order valence-corrected chi connectivity index (χ1v) is 5.30. The lowest BCUT2D eigenvalue weighted by atomic mass is 9.84. The molecule has 0 heterocycles. The fourth-order valence-electron chi connectivity index (χ4n) is 3.00. The maximum Gasteiger partial charge on any atom is 0.123 e. The number of hydrogen-bond acceptors (Lipinski definition) is 1. The van der Waals surface area contributed by atoms with Crippen LogP contribution >= 0.6 is 0 Å². The van der Waals surface area contributed by atoms with Crippen LogP contribution in [0.5, 0.6) is 0 Å². The molecule has 0 aromatic carbocycles. The number of carbonyl (C=O) groups excluding carboxylic acids is 1. The van der Waals surface area contributed by atoms with Gasteiger partial charge in [0.25, 0.3) is 0 Å². The Bertz CT molecular complexity index is 170. The maximum absolute atomic E-state index is 10.6. The van der Waals surface area contributed by atoms with E-state index in [9.17, 15) is 4.79 Å². The highest BCUT2D eigenvalue weighted by molar-refractivity contribution is 5.59. The summed E-state index contributed by atoms with van der Waals surface area (Å²) in [5, 5.41) is 0. The molecule has 2 rings (SSSR count). The molecule has 3 atom stereocenters. The Balaban J connectivity index is 1.88. The molecule has 0 aromatic rings. The van der Waals surface area contributed by atoms with E-state index in [2.05, 4.69) is 6.92 Å². The summed E-state index contributed by atoms with van der Waals surface area (Å²) >= 11 is 0. The summed E-state index contributed by atoms with van der Waals surface area (Å²) in [4.78, 5) is 10.6. The quantitative estimate of drug-likeness (QED) is 0.576. The van der Waals surface area contributed by atoms with Gasteiger partial charge in [-0.15, -0.1) is 0 Å². The Hall–Kier alpha value is -0.330. The first-order chi connectivity index (χ1) is 5.84. The minimum Gasteiger partial charge on any atom is -0.303 e. The van der Waals surface area contributed by atoms with Crippen molar-refractivity contribution in [3.05, 3.63) is 0 Å². The molecule has 2 saturated carbocycles. The van der Waals surface area contributed by atoms with Crippen molar-refractivity contribution in [1.29, 1.82) is 0 Å². The van der Waals surface area contributed by atoms with Gasteiger partial charge in [-0.05, 0) is 17.8 Å². The molecule has 0 bridgehead atoms. The molecule has 0 aliphatic heterocycles. The molecule has 2 aliphatic carbocycles. The van der Waals surface area contributed by atoms with Gasteiger partial charge in [-0.25, -0.2) is 0 Å². The fraction of sp³-hybridized carbons (Fsp3) is 0.909. The Kier molecular flexibility index (Phi) is 2.20. The third-order valence-corrected chi connectivity index (χ3v) is 3.87. The first-order valence-electron chi connectivity index (χ1n) is 5.30. The van der Waals surface area contributed by atoms with Gasteiger partial charge in [0.1, 0.15) is 6.29 Å². The van der Waals surface area contributed by atoms with Gasteiger partial charge in [0.15, 0.2) is 0 Å². The lowest BCUT2D eigenvalue weighted by Crippen LogP contribution is -2.10. The standard InChI is InChI=1S/C11H18O/c1-8-10(7-12)11(8)9-5-3-2-4-6-9/h7-11H,2-6H2,1H3/t8-,10-,11+/m0/s1. The molecule has 12 heavy (non-hydrogen) atoms. The summed E-state index contributed by atoms with van der Waals surface area (Å²) in [6.07, 6.45) is 8.19. The molecule has 68 valence electrons. The summed E-state index contributed by atoms with van der Waals surface area (Å²) in [6, 6.07) is 0. The SMILES string of the molecule is C[C@H]1[C@H](C=O)[C@H]1C1CCCCC1. The molecule has 0 N–H and O–H groups in total. The number of carbonyl (C=O) groups is 1. The van der Waals surface area contributed by atoms with Gasteiger partial charge in [0.2, 0.25) is 0 Å². The third kappa shape index (κ3) is 1.30. The summed E-state index contributed by atoms with van der Waals surface area (Å²) in [5.41, 5.74) is 0. The molecule has 1 nitrogen and oxygen atoms in total. The van der Waals surface area contributed by atoms with Gasteiger partial charge >= 0.3 is 0 Å². The maximum atomic E-state index is 10.6. The van der Waals surface area contributed by atoms with Gasteiger partial charge < -0.3 is 4.79 Å². The average Bonchev–Trinajstić information content (AvgIpc) is 2.78.